The molecule has 0 unspecified atom stereocenters. The molecule has 0 amide bonds. The number of carbonyl (C=O) groups excluding carboxylic acids is 1. The van der Waals surface area contributed by atoms with Gasteiger partial charge in [0.1, 0.15) is 5.60 Å². The molecule has 61 heavy (non-hydrogen) atoms. The number of hydrogen-bond donors (Lipinski definition) is 0. The topological polar surface area (TPSA) is 79.5 Å². The van der Waals surface area contributed by atoms with Gasteiger partial charge in [0.05, 0.1) is 12.7 Å². The van der Waals surface area contributed by atoms with E-state index in [0.29, 0.717) is 18.4 Å². The van der Waals surface area contributed by atoms with Crippen LogP contribution in [0, 0.1) is 12.8 Å². The van der Waals surface area contributed by atoms with Crippen LogP contribution in [-0.2, 0) is 14.8 Å². The Bertz CT molecular complexity index is 2550. The molecule has 0 N–H and O–H groups in total. The zero-order valence-electron chi connectivity index (χ0n) is 35.2. The fraction of sp³-hybridized carbons (Fsp3) is 0.226. The highest BCUT2D eigenvalue weighted by Crippen LogP contribution is 2.47. The summed E-state index contributed by atoms with van der Waals surface area (Å²) in [4.78, 5) is 42.5. The van der Waals surface area contributed by atoms with Crippen molar-refractivity contribution < 1.29 is 14.0 Å². The van der Waals surface area contributed by atoms with Crippen molar-refractivity contribution in [2.75, 3.05) is 6.61 Å². The summed E-state index contributed by atoms with van der Waals surface area (Å²) < 4.78 is 17.9. The van der Waals surface area contributed by atoms with Gasteiger partial charge in [0.25, 0.3) is 19.8 Å². The Hall–Kier alpha value is -6.19. The second-order valence-corrected chi connectivity index (χ2v) is 21.3. The van der Waals surface area contributed by atoms with Crippen molar-refractivity contribution >= 4 is 24.6 Å². The average Bonchev–Trinajstić information content (AvgIpc) is 3.70. The van der Waals surface area contributed by atoms with Crippen molar-refractivity contribution in [3.05, 3.63) is 237 Å². The Labute approximate surface area is 359 Å². The van der Waals surface area contributed by atoms with Gasteiger partial charge in [-0.25, -0.2) is 4.79 Å². The van der Waals surface area contributed by atoms with Crippen molar-refractivity contribution in [1.82, 2.24) is 9.13 Å². The van der Waals surface area contributed by atoms with Gasteiger partial charge in [0.2, 0.25) is 0 Å². The zero-order valence-corrected chi connectivity index (χ0v) is 36.2. The molecule has 0 radical (unpaired) electrons. The van der Waals surface area contributed by atoms with Gasteiger partial charge in [-0.15, -0.1) is 0 Å². The average molecular weight is 825 g/mol. The number of aryl methyl sites for hydroxylation is 1. The SMILES string of the molecule is Cc1cn([C@H]2CC[C@H](O[Si](c3ccccc3)(c3ccccc3)C(C)(C)C)[C@H]2COC(c2ccccc2)(c2ccccc2)c2ccccc2)c(=O)n(C(=O)c2ccccc2)c1=O. The van der Waals surface area contributed by atoms with Crippen LogP contribution in [0.15, 0.2) is 198 Å². The van der Waals surface area contributed by atoms with Crippen LogP contribution >= 0.6 is 0 Å². The molecule has 1 saturated carbocycles. The molecule has 3 atom stereocenters. The summed E-state index contributed by atoms with van der Waals surface area (Å²) in [5.74, 6) is -1.05. The van der Waals surface area contributed by atoms with E-state index in [2.05, 4.69) is 106 Å². The van der Waals surface area contributed by atoms with E-state index >= 15 is 0 Å². The monoisotopic (exact) mass is 824 g/mol. The van der Waals surface area contributed by atoms with Crippen LogP contribution in [0.25, 0.3) is 0 Å². The number of rotatable bonds is 12. The van der Waals surface area contributed by atoms with Crippen LogP contribution in [0.5, 0.6) is 0 Å². The molecule has 8 rings (SSSR count). The Balaban J connectivity index is 1.32. The van der Waals surface area contributed by atoms with E-state index in [9.17, 15) is 14.4 Å². The van der Waals surface area contributed by atoms with Gasteiger partial charge in [-0.3, -0.25) is 14.2 Å². The molecular formula is C53H52N2O5Si. The van der Waals surface area contributed by atoms with Crippen molar-refractivity contribution in [2.45, 2.75) is 63.3 Å². The van der Waals surface area contributed by atoms with Gasteiger partial charge < -0.3 is 9.16 Å². The van der Waals surface area contributed by atoms with Crippen LogP contribution in [0.4, 0.5) is 0 Å². The third kappa shape index (κ3) is 7.72. The first-order chi connectivity index (χ1) is 29.6. The molecule has 308 valence electrons. The van der Waals surface area contributed by atoms with Crippen LogP contribution in [0.1, 0.15) is 72.3 Å². The third-order valence-electron chi connectivity index (χ3n) is 12.4. The van der Waals surface area contributed by atoms with E-state index in [1.165, 1.54) is 0 Å². The highest BCUT2D eigenvalue weighted by molar-refractivity contribution is 6.99. The van der Waals surface area contributed by atoms with Gasteiger partial charge in [0, 0.05) is 29.3 Å². The minimum Gasteiger partial charge on any atom is -0.404 e. The molecule has 7 nitrogen and oxygen atoms in total. The lowest BCUT2D eigenvalue weighted by Gasteiger charge is -2.46. The molecule has 1 aliphatic rings. The molecule has 0 bridgehead atoms. The van der Waals surface area contributed by atoms with Gasteiger partial charge in [-0.05, 0) is 64.0 Å². The minimum atomic E-state index is -3.11. The van der Waals surface area contributed by atoms with Gasteiger partial charge in [-0.2, -0.15) is 4.57 Å². The predicted octanol–water partition coefficient (Wildman–Crippen LogP) is 8.91. The largest absolute Gasteiger partial charge is 0.404 e. The minimum absolute atomic E-state index is 0.184. The van der Waals surface area contributed by atoms with Crippen LogP contribution in [-0.4, -0.2) is 36.1 Å². The molecule has 0 saturated heterocycles. The lowest BCUT2D eigenvalue weighted by Crippen LogP contribution is -2.68. The van der Waals surface area contributed by atoms with E-state index in [1.54, 1.807) is 48.0 Å². The molecule has 0 aliphatic heterocycles. The van der Waals surface area contributed by atoms with Gasteiger partial charge >= 0.3 is 5.69 Å². The number of benzene rings is 6. The van der Waals surface area contributed by atoms with E-state index in [-0.39, 0.29) is 23.3 Å². The molecule has 0 spiro atoms. The molecular weight excluding hydrogens is 773 g/mol. The maximum Gasteiger partial charge on any atom is 0.338 e. The normalized spacial score (nSPS) is 17.0. The van der Waals surface area contributed by atoms with Crippen molar-refractivity contribution in [3.63, 3.8) is 0 Å². The summed E-state index contributed by atoms with van der Waals surface area (Å²) in [6.07, 6.45) is 2.42. The second kappa shape index (κ2) is 17.4. The van der Waals surface area contributed by atoms with Crippen molar-refractivity contribution in [1.29, 1.82) is 0 Å². The summed E-state index contributed by atoms with van der Waals surface area (Å²) >= 11 is 0. The van der Waals surface area contributed by atoms with E-state index in [4.69, 9.17) is 9.16 Å². The first-order valence-corrected chi connectivity index (χ1v) is 23.0. The summed E-state index contributed by atoms with van der Waals surface area (Å²) in [7, 11) is -3.11. The maximum absolute atomic E-state index is 14.8. The molecule has 1 heterocycles. The molecule has 8 heteroatoms. The van der Waals surface area contributed by atoms with Crippen molar-refractivity contribution in [2.24, 2.45) is 5.92 Å². The van der Waals surface area contributed by atoms with Crippen LogP contribution < -0.4 is 21.6 Å². The number of nitrogens with zero attached hydrogens (tertiary/aromatic N) is 2. The maximum atomic E-state index is 14.8. The summed E-state index contributed by atoms with van der Waals surface area (Å²) in [6, 6.07) is 59.9. The van der Waals surface area contributed by atoms with Crippen LogP contribution in [0.2, 0.25) is 5.04 Å². The number of ether oxygens (including phenoxy) is 1. The Morgan fingerprint density at radius 1 is 0.623 bits per heavy atom. The van der Waals surface area contributed by atoms with E-state index < -0.39 is 43.0 Å². The highest BCUT2D eigenvalue weighted by atomic mass is 28.4. The van der Waals surface area contributed by atoms with Crippen LogP contribution in [0.3, 0.4) is 0 Å². The Morgan fingerprint density at radius 3 is 1.49 bits per heavy atom. The van der Waals surface area contributed by atoms with Gasteiger partial charge in [0.15, 0.2) is 0 Å². The fourth-order valence-electron chi connectivity index (χ4n) is 9.45. The molecule has 7 aromatic rings. The van der Waals surface area contributed by atoms with Gasteiger partial charge in [-0.1, -0.05) is 191 Å². The van der Waals surface area contributed by atoms with E-state index in [1.807, 2.05) is 66.7 Å². The molecule has 1 fully saturated rings. The Kier molecular flexibility index (Phi) is 11.9. The third-order valence-corrected chi connectivity index (χ3v) is 17.4. The predicted molar refractivity (Wildman–Crippen MR) is 245 cm³/mol. The molecule has 6 aromatic carbocycles. The number of hydrogen-bond acceptors (Lipinski definition) is 5. The summed E-state index contributed by atoms with van der Waals surface area (Å²) in [5, 5.41) is 1.99. The van der Waals surface area contributed by atoms with Crippen molar-refractivity contribution in [3.8, 4) is 0 Å². The molecule has 1 aromatic heterocycles. The fourth-order valence-corrected chi connectivity index (χ4v) is 14.2. The quantitative estimate of drug-likeness (QED) is 0.0909. The Morgan fingerprint density at radius 2 is 1.05 bits per heavy atom. The standard InChI is InChI=1S/C53H52N2O5Si/c1-39-37-54(51(58)55(49(39)56)50(57)40-23-11-5-12-24-40)47-35-36-48(60-61(52(2,3)4,44-31-19-9-20-32-44)45-33-21-10-22-34-45)46(47)38-59-53(41-25-13-6-14-26-41,42-27-15-7-16-28-42)43-29-17-8-18-30-43/h5-34,37,46-48H,35-36,38H2,1-4H3/t46-,47-,48-/m0/s1. The highest BCUT2D eigenvalue weighted by Gasteiger charge is 2.54. The smallest absolute Gasteiger partial charge is 0.338 e. The lowest BCUT2D eigenvalue weighted by molar-refractivity contribution is -0.0354. The number of aromatic nitrogens is 2. The first-order valence-electron chi connectivity index (χ1n) is 21.1. The number of carbonyl (C=O) groups is 1. The second-order valence-electron chi connectivity index (χ2n) is 17.0. The summed E-state index contributed by atoms with van der Waals surface area (Å²) in [5.41, 5.74) is 1.10. The first kappa shape index (κ1) is 41.5. The zero-order chi connectivity index (χ0) is 42.6. The summed E-state index contributed by atoms with van der Waals surface area (Å²) in [6.45, 7) is 8.64. The molecule has 1 aliphatic carbocycles. The lowest BCUT2D eigenvalue weighted by atomic mass is 9.80. The van der Waals surface area contributed by atoms with E-state index in [0.717, 1.165) is 31.6 Å².